The summed E-state index contributed by atoms with van der Waals surface area (Å²) in [5, 5.41) is 3.91. The monoisotopic (exact) mass is 239 g/mol. The van der Waals surface area contributed by atoms with Gasteiger partial charge in [0.25, 0.3) is 0 Å². The molecule has 2 fully saturated rings. The van der Waals surface area contributed by atoms with E-state index in [0.717, 1.165) is 12.5 Å². The van der Waals surface area contributed by atoms with E-state index in [2.05, 4.69) is 31.1 Å². The van der Waals surface area contributed by atoms with E-state index in [9.17, 15) is 0 Å². The quantitative estimate of drug-likeness (QED) is 0.785. The number of hydrogen-bond acceptors (Lipinski definition) is 3. The highest BCUT2D eigenvalue weighted by atomic mass is 15.2. The summed E-state index contributed by atoms with van der Waals surface area (Å²) < 4.78 is 0. The lowest BCUT2D eigenvalue weighted by Gasteiger charge is -2.46. The van der Waals surface area contributed by atoms with Crippen LogP contribution >= 0.6 is 0 Å². The normalized spacial score (nSPS) is 44.1. The third-order valence-electron chi connectivity index (χ3n) is 4.98. The van der Waals surface area contributed by atoms with E-state index < -0.39 is 0 Å². The molecular formula is C14H29N3. The van der Waals surface area contributed by atoms with Gasteiger partial charge in [-0.2, -0.15) is 0 Å². The number of nitrogens with two attached hydrogens (primary N) is 1. The highest BCUT2D eigenvalue weighted by Gasteiger charge is 2.38. The van der Waals surface area contributed by atoms with Gasteiger partial charge in [-0.25, -0.2) is 0 Å². The molecule has 1 heterocycles. The fourth-order valence-electron chi connectivity index (χ4n) is 3.58. The van der Waals surface area contributed by atoms with Crippen molar-refractivity contribution in [1.82, 2.24) is 10.2 Å². The van der Waals surface area contributed by atoms with E-state index in [1.165, 1.54) is 38.6 Å². The zero-order valence-electron chi connectivity index (χ0n) is 11.7. The van der Waals surface area contributed by atoms with Crippen molar-refractivity contribution in [2.24, 2.45) is 11.7 Å². The van der Waals surface area contributed by atoms with Crippen molar-refractivity contribution in [3.63, 3.8) is 0 Å². The van der Waals surface area contributed by atoms with Crippen molar-refractivity contribution in [3.8, 4) is 0 Å². The molecular weight excluding hydrogens is 210 g/mol. The van der Waals surface area contributed by atoms with Crippen molar-refractivity contribution in [2.45, 2.75) is 63.6 Å². The summed E-state index contributed by atoms with van der Waals surface area (Å²) in [6.07, 6.45) is 6.47. The number of likely N-dealkylation sites (tertiary alicyclic amines) is 1. The van der Waals surface area contributed by atoms with Crippen LogP contribution in [0.25, 0.3) is 0 Å². The zero-order chi connectivity index (χ0) is 12.5. The summed E-state index contributed by atoms with van der Waals surface area (Å²) in [5.41, 5.74) is 6.29. The Morgan fingerprint density at radius 1 is 1.35 bits per heavy atom. The topological polar surface area (TPSA) is 41.3 Å². The summed E-state index contributed by atoms with van der Waals surface area (Å²) in [4.78, 5) is 2.45. The first-order chi connectivity index (χ1) is 8.04. The summed E-state index contributed by atoms with van der Waals surface area (Å²) in [6.45, 7) is 6.65. The molecule has 2 rings (SSSR count). The minimum absolute atomic E-state index is 0.209. The van der Waals surface area contributed by atoms with Crippen molar-refractivity contribution in [3.05, 3.63) is 0 Å². The maximum atomic E-state index is 6.08. The van der Waals surface area contributed by atoms with Crippen LogP contribution < -0.4 is 11.1 Å². The molecule has 3 N–H and O–H groups in total. The minimum Gasteiger partial charge on any atom is -0.329 e. The molecule has 3 heteroatoms. The summed E-state index contributed by atoms with van der Waals surface area (Å²) in [5.74, 6) is 0.894. The number of rotatable bonds is 3. The summed E-state index contributed by atoms with van der Waals surface area (Å²) in [7, 11) is 2.22. The van der Waals surface area contributed by atoms with Gasteiger partial charge >= 0.3 is 0 Å². The van der Waals surface area contributed by atoms with Gasteiger partial charge in [0.15, 0.2) is 0 Å². The van der Waals surface area contributed by atoms with Crippen molar-refractivity contribution >= 4 is 0 Å². The molecule has 0 aromatic rings. The lowest BCUT2D eigenvalue weighted by molar-refractivity contribution is 0.102. The van der Waals surface area contributed by atoms with E-state index >= 15 is 0 Å². The molecule has 0 amide bonds. The Morgan fingerprint density at radius 2 is 2.12 bits per heavy atom. The highest BCUT2D eigenvalue weighted by Crippen LogP contribution is 2.31. The smallest absolute Gasteiger partial charge is 0.0333 e. The number of piperidine rings is 1. The number of nitrogens with one attached hydrogen (secondary N) is 1. The van der Waals surface area contributed by atoms with E-state index in [1.807, 2.05) is 0 Å². The second-order valence-corrected chi connectivity index (χ2v) is 6.53. The standard InChI is InChI=1S/C14H29N3/c1-11-4-5-13(8-11)16-14(10-15)6-7-17(3)12(2)9-14/h11-13,16H,4-10,15H2,1-3H3. The Bertz CT molecular complexity index is 256. The molecule has 4 unspecified atom stereocenters. The first kappa shape index (κ1) is 13.3. The third kappa shape index (κ3) is 3.01. The molecule has 100 valence electrons. The Hall–Kier alpha value is -0.120. The van der Waals surface area contributed by atoms with Gasteiger partial charge in [-0.05, 0) is 58.5 Å². The molecule has 0 spiro atoms. The van der Waals surface area contributed by atoms with Crippen molar-refractivity contribution < 1.29 is 0 Å². The van der Waals surface area contributed by atoms with E-state index in [1.54, 1.807) is 0 Å². The fraction of sp³-hybridized carbons (Fsp3) is 1.00. The van der Waals surface area contributed by atoms with Crippen molar-refractivity contribution in [2.75, 3.05) is 20.1 Å². The maximum Gasteiger partial charge on any atom is 0.0333 e. The number of hydrogen-bond donors (Lipinski definition) is 2. The van der Waals surface area contributed by atoms with Crippen LogP contribution in [0.4, 0.5) is 0 Å². The predicted octanol–water partition coefficient (Wildman–Crippen LogP) is 1.58. The first-order valence-corrected chi connectivity index (χ1v) is 7.23. The predicted molar refractivity (Wildman–Crippen MR) is 73.1 cm³/mol. The first-order valence-electron chi connectivity index (χ1n) is 7.23. The van der Waals surface area contributed by atoms with Gasteiger partial charge < -0.3 is 16.0 Å². The summed E-state index contributed by atoms with van der Waals surface area (Å²) >= 11 is 0. The van der Waals surface area contributed by atoms with Crippen LogP contribution in [0.2, 0.25) is 0 Å². The molecule has 1 aliphatic heterocycles. The van der Waals surface area contributed by atoms with Crippen LogP contribution in [0.3, 0.4) is 0 Å². The molecule has 3 nitrogen and oxygen atoms in total. The Balaban J connectivity index is 1.95. The van der Waals surface area contributed by atoms with Gasteiger partial charge in [0.05, 0.1) is 0 Å². The largest absolute Gasteiger partial charge is 0.329 e. The molecule has 0 aromatic carbocycles. The Labute approximate surface area is 106 Å². The highest BCUT2D eigenvalue weighted by molar-refractivity contribution is 4.99. The molecule has 1 saturated heterocycles. The van der Waals surface area contributed by atoms with Crippen LogP contribution in [0.1, 0.15) is 46.0 Å². The average Bonchev–Trinajstić information content (AvgIpc) is 2.69. The molecule has 0 aromatic heterocycles. The Kier molecular flexibility index (Phi) is 4.11. The second-order valence-electron chi connectivity index (χ2n) is 6.53. The molecule has 0 bridgehead atoms. The average molecular weight is 239 g/mol. The molecule has 4 atom stereocenters. The fourth-order valence-corrected chi connectivity index (χ4v) is 3.58. The molecule has 17 heavy (non-hydrogen) atoms. The minimum atomic E-state index is 0.209. The lowest BCUT2D eigenvalue weighted by Crippen LogP contribution is -2.61. The molecule has 1 aliphatic carbocycles. The van der Waals surface area contributed by atoms with Crippen LogP contribution in [0.15, 0.2) is 0 Å². The van der Waals surface area contributed by atoms with Gasteiger partial charge in [-0.15, -0.1) is 0 Å². The van der Waals surface area contributed by atoms with Crippen LogP contribution in [0.5, 0.6) is 0 Å². The van der Waals surface area contributed by atoms with E-state index in [0.29, 0.717) is 12.1 Å². The molecule has 2 aliphatic rings. The lowest BCUT2D eigenvalue weighted by atomic mass is 9.83. The Morgan fingerprint density at radius 3 is 2.65 bits per heavy atom. The van der Waals surface area contributed by atoms with Crippen molar-refractivity contribution in [1.29, 1.82) is 0 Å². The van der Waals surface area contributed by atoms with Crippen LogP contribution in [-0.2, 0) is 0 Å². The van der Waals surface area contributed by atoms with E-state index in [4.69, 9.17) is 5.73 Å². The SMILES string of the molecule is CC1CCC(NC2(CN)CCN(C)C(C)C2)C1. The second kappa shape index (κ2) is 5.25. The molecule has 1 saturated carbocycles. The maximum absolute atomic E-state index is 6.08. The zero-order valence-corrected chi connectivity index (χ0v) is 11.7. The van der Waals surface area contributed by atoms with Gasteiger partial charge in [0.2, 0.25) is 0 Å². The third-order valence-corrected chi connectivity index (χ3v) is 4.98. The van der Waals surface area contributed by atoms with Gasteiger partial charge in [-0.1, -0.05) is 6.92 Å². The van der Waals surface area contributed by atoms with Gasteiger partial charge in [0, 0.05) is 24.2 Å². The van der Waals surface area contributed by atoms with Crippen LogP contribution in [-0.4, -0.2) is 42.7 Å². The van der Waals surface area contributed by atoms with Crippen LogP contribution in [0, 0.1) is 5.92 Å². The summed E-state index contributed by atoms with van der Waals surface area (Å²) in [6, 6.07) is 1.36. The number of nitrogens with zero attached hydrogens (tertiary/aromatic N) is 1. The van der Waals surface area contributed by atoms with Gasteiger partial charge in [-0.3, -0.25) is 0 Å². The van der Waals surface area contributed by atoms with Gasteiger partial charge in [0.1, 0.15) is 0 Å². The molecule has 0 radical (unpaired) electrons. The van der Waals surface area contributed by atoms with E-state index in [-0.39, 0.29) is 5.54 Å².